The van der Waals surface area contributed by atoms with E-state index in [9.17, 15) is 12.8 Å². The molecule has 1 aliphatic rings. The highest BCUT2D eigenvalue weighted by Gasteiger charge is 2.31. The van der Waals surface area contributed by atoms with Crippen molar-refractivity contribution in [1.82, 2.24) is 5.01 Å². The van der Waals surface area contributed by atoms with Gasteiger partial charge in [-0.15, -0.1) is 4.40 Å². The summed E-state index contributed by atoms with van der Waals surface area (Å²) in [6.07, 6.45) is 1.39. The van der Waals surface area contributed by atoms with Crippen molar-refractivity contribution in [3.63, 3.8) is 0 Å². The molecule has 2 aromatic rings. The average Bonchev–Trinajstić information content (AvgIpc) is 2.88. The van der Waals surface area contributed by atoms with Gasteiger partial charge in [-0.3, -0.25) is 0 Å². The molecule has 1 aliphatic heterocycles. The molecule has 0 atom stereocenters. The summed E-state index contributed by atoms with van der Waals surface area (Å²) in [5.74, 6) is -0.327. The highest BCUT2D eigenvalue weighted by Crippen LogP contribution is 2.27. The third-order valence-corrected chi connectivity index (χ3v) is 4.86. The molecule has 6 nitrogen and oxygen atoms in total. The lowest BCUT2D eigenvalue weighted by atomic mass is 10.2. The first-order valence-electron chi connectivity index (χ1n) is 7.40. The zero-order valence-electron chi connectivity index (χ0n) is 13.0. The number of fused-ring (bicyclic) bond motifs is 1. The van der Waals surface area contributed by atoms with Crippen molar-refractivity contribution >= 4 is 22.1 Å². The molecule has 0 unspecified atom stereocenters. The fourth-order valence-corrected chi connectivity index (χ4v) is 3.57. The molecule has 1 heterocycles. The highest BCUT2D eigenvalue weighted by molar-refractivity contribution is 7.90. The van der Waals surface area contributed by atoms with Gasteiger partial charge in [0.2, 0.25) is 0 Å². The topological polar surface area (TPSA) is 85.9 Å². The third-order valence-electron chi connectivity index (χ3n) is 3.53. The van der Waals surface area contributed by atoms with Crippen LogP contribution in [0.2, 0.25) is 0 Å². The van der Waals surface area contributed by atoms with Crippen molar-refractivity contribution < 1.29 is 12.8 Å². The van der Waals surface area contributed by atoms with Crippen LogP contribution in [0.5, 0.6) is 0 Å². The number of rotatable bonds is 4. The molecule has 8 heteroatoms. The van der Waals surface area contributed by atoms with E-state index in [4.69, 9.17) is 5.26 Å². The van der Waals surface area contributed by atoms with Gasteiger partial charge in [0.05, 0.1) is 25.2 Å². The second kappa shape index (κ2) is 6.83. The number of benzene rings is 2. The molecule has 0 aromatic heterocycles. The minimum atomic E-state index is -3.80. The molecule has 0 amide bonds. The van der Waals surface area contributed by atoms with Gasteiger partial charge in [0, 0.05) is 11.1 Å². The van der Waals surface area contributed by atoms with Crippen molar-refractivity contribution in [1.29, 1.82) is 5.26 Å². The molecule has 0 aliphatic carbocycles. The van der Waals surface area contributed by atoms with E-state index in [1.807, 2.05) is 6.07 Å². The lowest BCUT2D eigenvalue weighted by molar-refractivity contribution is 0.458. The fourth-order valence-electron chi connectivity index (χ4n) is 2.36. The monoisotopic (exact) mass is 356 g/mol. The number of hydrazone groups is 1. The van der Waals surface area contributed by atoms with Gasteiger partial charge in [-0.25, -0.2) is 9.40 Å². The molecule has 0 N–H and O–H groups in total. The van der Waals surface area contributed by atoms with Crippen LogP contribution in [0.15, 0.2) is 62.9 Å². The summed E-state index contributed by atoms with van der Waals surface area (Å²) < 4.78 is 41.9. The lowest BCUT2D eigenvalue weighted by Gasteiger charge is -2.17. The van der Waals surface area contributed by atoms with Crippen LogP contribution < -0.4 is 0 Å². The minimum absolute atomic E-state index is 0.0908. The zero-order valence-corrected chi connectivity index (χ0v) is 13.8. The maximum Gasteiger partial charge on any atom is 0.285 e. The molecule has 0 radical (unpaired) electrons. The van der Waals surface area contributed by atoms with Crippen LogP contribution in [0.3, 0.4) is 0 Å². The van der Waals surface area contributed by atoms with Gasteiger partial charge in [0.1, 0.15) is 10.7 Å². The summed E-state index contributed by atoms with van der Waals surface area (Å²) in [4.78, 5) is 0.0908. The molecular formula is C17H13FN4O2S. The Balaban J connectivity index is 2.00. The first-order chi connectivity index (χ1) is 12.0. The van der Waals surface area contributed by atoms with Crippen LogP contribution in [0.1, 0.15) is 17.5 Å². The number of nitrogens with zero attached hydrogens (tertiary/aromatic N) is 4. The predicted octanol–water partition coefficient (Wildman–Crippen LogP) is 2.52. The van der Waals surface area contributed by atoms with Crippen LogP contribution in [0.25, 0.3) is 0 Å². The Kier molecular flexibility index (Phi) is 4.59. The van der Waals surface area contributed by atoms with Crippen molar-refractivity contribution in [2.24, 2.45) is 9.50 Å². The summed E-state index contributed by atoms with van der Waals surface area (Å²) in [5, 5.41) is 14.3. The van der Waals surface area contributed by atoms with E-state index < -0.39 is 15.8 Å². The van der Waals surface area contributed by atoms with E-state index in [1.165, 1.54) is 23.4 Å². The second-order valence-corrected chi connectivity index (χ2v) is 6.76. The van der Waals surface area contributed by atoms with E-state index in [1.54, 1.807) is 36.4 Å². The van der Waals surface area contributed by atoms with E-state index in [0.717, 1.165) is 0 Å². The van der Waals surface area contributed by atoms with Crippen LogP contribution >= 0.6 is 0 Å². The molecule has 0 bridgehead atoms. The summed E-state index contributed by atoms with van der Waals surface area (Å²) in [7, 11) is -3.80. The molecule has 25 heavy (non-hydrogen) atoms. The molecule has 0 saturated carbocycles. The normalized spacial score (nSPS) is 14.8. The maximum absolute atomic E-state index is 13.7. The SMILES string of the molecule is N#CCCN(/N=C\c1ccccc1F)C1=NS(=O)(=O)c2ccccc21. The Morgan fingerprint density at radius 3 is 2.68 bits per heavy atom. The van der Waals surface area contributed by atoms with Gasteiger partial charge in [-0.2, -0.15) is 18.8 Å². The Bertz CT molecular complexity index is 1010. The number of sulfonamides is 1. The summed E-state index contributed by atoms with van der Waals surface area (Å²) in [6, 6.07) is 14.4. The first kappa shape index (κ1) is 16.8. The summed E-state index contributed by atoms with van der Waals surface area (Å²) >= 11 is 0. The number of nitriles is 1. The van der Waals surface area contributed by atoms with Gasteiger partial charge in [0.25, 0.3) is 10.0 Å². The van der Waals surface area contributed by atoms with Crippen molar-refractivity contribution in [2.45, 2.75) is 11.3 Å². The Labute approximate surface area is 144 Å². The van der Waals surface area contributed by atoms with E-state index in [2.05, 4.69) is 9.50 Å². The smallest absolute Gasteiger partial charge is 0.246 e. The highest BCUT2D eigenvalue weighted by atomic mass is 32.2. The average molecular weight is 356 g/mol. The molecule has 3 rings (SSSR count). The molecule has 2 aromatic carbocycles. The fraction of sp³-hybridized carbons (Fsp3) is 0.118. The van der Waals surface area contributed by atoms with Crippen molar-refractivity contribution in [2.75, 3.05) is 6.54 Å². The first-order valence-corrected chi connectivity index (χ1v) is 8.84. The van der Waals surface area contributed by atoms with Gasteiger partial charge in [-0.1, -0.05) is 30.3 Å². The van der Waals surface area contributed by atoms with Crippen LogP contribution in [-0.4, -0.2) is 32.0 Å². The van der Waals surface area contributed by atoms with Crippen molar-refractivity contribution in [3.8, 4) is 6.07 Å². The van der Waals surface area contributed by atoms with Crippen LogP contribution in [0, 0.1) is 17.1 Å². The van der Waals surface area contributed by atoms with Gasteiger partial charge < -0.3 is 0 Å². The van der Waals surface area contributed by atoms with Gasteiger partial charge >= 0.3 is 0 Å². The Hall–Kier alpha value is -3.05. The summed E-state index contributed by atoms with van der Waals surface area (Å²) in [6.45, 7) is 0.129. The van der Waals surface area contributed by atoms with Crippen molar-refractivity contribution in [3.05, 3.63) is 65.5 Å². The lowest BCUT2D eigenvalue weighted by Crippen LogP contribution is -2.27. The second-order valence-electron chi connectivity index (χ2n) is 5.18. The number of hydrogen-bond donors (Lipinski definition) is 0. The summed E-state index contributed by atoms with van der Waals surface area (Å²) in [5.41, 5.74) is 0.658. The molecule has 0 spiro atoms. The zero-order chi connectivity index (χ0) is 17.9. The number of hydrogen-bond acceptors (Lipinski definition) is 5. The third kappa shape index (κ3) is 3.41. The maximum atomic E-state index is 13.7. The largest absolute Gasteiger partial charge is 0.285 e. The van der Waals surface area contributed by atoms with Crippen LogP contribution in [-0.2, 0) is 10.0 Å². The van der Waals surface area contributed by atoms with Gasteiger partial charge in [-0.05, 0) is 18.2 Å². The van der Waals surface area contributed by atoms with E-state index >= 15 is 0 Å². The number of amidine groups is 1. The molecular weight excluding hydrogens is 343 g/mol. The molecule has 0 fully saturated rings. The molecule has 0 saturated heterocycles. The Morgan fingerprint density at radius 1 is 1.20 bits per heavy atom. The quantitative estimate of drug-likeness (QED) is 0.622. The van der Waals surface area contributed by atoms with Crippen LogP contribution in [0.4, 0.5) is 4.39 Å². The number of halogens is 1. The Morgan fingerprint density at radius 2 is 1.92 bits per heavy atom. The van der Waals surface area contributed by atoms with Gasteiger partial charge in [0.15, 0.2) is 5.84 Å². The van der Waals surface area contributed by atoms with E-state index in [-0.39, 0.29) is 29.3 Å². The predicted molar refractivity (Wildman–Crippen MR) is 91.1 cm³/mol. The molecule has 126 valence electrons. The van der Waals surface area contributed by atoms with E-state index in [0.29, 0.717) is 5.56 Å². The standard InChI is InChI=1S/C17H13FN4O2S/c18-15-8-3-1-6-13(15)12-20-22(11-5-10-19)17-14-7-2-4-9-16(14)25(23,24)21-17/h1-4,6-9,12H,5,11H2/b20-12-. The minimum Gasteiger partial charge on any atom is -0.246 e.